The van der Waals surface area contributed by atoms with Crippen LogP contribution in [0.2, 0.25) is 0 Å². The molecule has 1 rings (SSSR count). The van der Waals surface area contributed by atoms with Crippen molar-refractivity contribution < 1.29 is 9.46 Å². The summed E-state index contributed by atoms with van der Waals surface area (Å²) in [6, 6.07) is 0. The maximum atomic E-state index is 10.9. The second-order valence-electron chi connectivity index (χ2n) is 2.96. The Morgan fingerprint density at radius 2 is 1.80 bits per heavy atom. The highest BCUT2D eigenvalue weighted by Crippen LogP contribution is 2.44. The Hall–Kier alpha value is 0.150. The Morgan fingerprint density at radius 3 is 2.10 bits per heavy atom. The molecule has 1 atom stereocenters. The van der Waals surface area contributed by atoms with E-state index in [0.717, 1.165) is 25.7 Å². The minimum atomic E-state index is -3.24. The maximum Gasteiger partial charge on any atom is 0.267 e. The summed E-state index contributed by atoms with van der Waals surface area (Å²) in [5.74, 6) is 0. The van der Waals surface area contributed by atoms with Crippen molar-refractivity contribution in [3.05, 3.63) is 0 Å². The highest BCUT2D eigenvalue weighted by Gasteiger charge is 2.27. The Bertz CT molecular complexity index is 148. The van der Waals surface area contributed by atoms with Gasteiger partial charge < -0.3 is 4.89 Å². The van der Waals surface area contributed by atoms with E-state index in [1.165, 1.54) is 6.42 Å². The van der Waals surface area contributed by atoms with Gasteiger partial charge in [-0.25, -0.2) is 0 Å². The SMILES string of the molecule is NP(=O)(O)C1CCCCC1. The molecule has 3 N–H and O–H groups in total. The summed E-state index contributed by atoms with van der Waals surface area (Å²) >= 11 is 0. The molecule has 0 saturated heterocycles. The smallest absolute Gasteiger partial charge is 0.267 e. The van der Waals surface area contributed by atoms with Crippen LogP contribution in [0.5, 0.6) is 0 Å². The highest BCUT2D eigenvalue weighted by molar-refractivity contribution is 7.56. The molecule has 0 radical (unpaired) electrons. The molecule has 10 heavy (non-hydrogen) atoms. The van der Waals surface area contributed by atoms with E-state index in [1.54, 1.807) is 0 Å². The van der Waals surface area contributed by atoms with Crippen molar-refractivity contribution in [1.29, 1.82) is 0 Å². The van der Waals surface area contributed by atoms with Gasteiger partial charge in [0.05, 0.1) is 0 Å². The average Bonchev–Trinajstić information content (AvgIpc) is 1.88. The normalized spacial score (nSPS) is 27.8. The Morgan fingerprint density at radius 1 is 1.30 bits per heavy atom. The van der Waals surface area contributed by atoms with Crippen molar-refractivity contribution in [3.8, 4) is 0 Å². The Kier molecular flexibility index (Phi) is 2.50. The molecule has 1 aliphatic carbocycles. The average molecular weight is 163 g/mol. The van der Waals surface area contributed by atoms with Crippen molar-refractivity contribution >= 4 is 7.52 Å². The van der Waals surface area contributed by atoms with Crippen LogP contribution < -0.4 is 5.50 Å². The van der Waals surface area contributed by atoms with Gasteiger partial charge in [0.15, 0.2) is 0 Å². The fraction of sp³-hybridized carbons (Fsp3) is 1.00. The fourth-order valence-electron chi connectivity index (χ4n) is 1.45. The van der Waals surface area contributed by atoms with Crippen LogP contribution in [0.4, 0.5) is 0 Å². The summed E-state index contributed by atoms with van der Waals surface area (Å²) in [6.07, 6.45) is 4.99. The molecule has 0 bridgehead atoms. The first-order chi connectivity index (χ1) is 4.61. The van der Waals surface area contributed by atoms with E-state index in [0.29, 0.717) is 0 Å². The Labute approximate surface area is 61.1 Å². The molecule has 3 nitrogen and oxygen atoms in total. The van der Waals surface area contributed by atoms with Gasteiger partial charge in [0.2, 0.25) is 0 Å². The third kappa shape index (κ3) is 2.08. The first kappa shape index (κ1) is 8.25. The molecule has 4 heteroatoms. The summed E-state index contributed by atoms with van der Waals surface area (Å²) in [7, 11) is -3.24. The lowest BCUT2D eigenvalue weighted by Crippen LogP contribution is -2.16. The van der Waals surface area contributed by atoms with Gasteiger partial charge >= 0.3 is 0 Å². The lowest BCUT2D eigenvalue weighted by molar-refractivity contribution is 0.422. The second-order valence-corrected chi connectivity index (χ2v) is 5.04. The number of hydrogen-bond donors (Lipinski definition) is 2. The molecule has 60 valence electrons. The quantitative estimate of drug-likeness (QED) is 0.575. The zero-order valence-corrected chi connectivity index (χ0v) is 6.89. The molecule has 1 saturated carbocycles. The molecule has 0 spiro atoms. The second kappa shape index (κ2) is 3.04. The molecule has 1 unspecified atom stereocenters. The van der Waals surface area contributed by atoms with Crippen molar-refractivity contribution in [2.75, 3.05) is 0 Å². The largest absolute Gasteiger partial charge is 0.333 e. The molecule has 0 aromatic heterocycles. The van der Waals surface area contributed by atoms with Crippen LogP contribution in [0.1, 0.15) is 32.1 Å². The summed E-state index contributed by atoms with van der Waals surface area (Å²) in [6.45, 7) is 0. The van der Waals surface area contributed by atoms with E-state index in [1.807, 2.05) is 0 Å². The molecular weight excluding hydrogens is 149 g/mol. The summed E-state index contributed by atoms with van der Waals surface area (Å²) in [4.78, 5) is 8.98. The van der Waals surface area contributed by atoms with Crippen LogP contribution in [0.3, 0.4) is 0 Å². The van der Waals surface area contributed by atoms with Crippen molar-refractivity contribution in [1.82, 2.24) is 0 Å². The maximum absolute atomic E-state index is 10.9. The van der Waals surface area contributed by atoms with Crippen LogP contribution in [-0.4, -0.2) is 10.6 Å². The zero-order valence-electron chi connectivity index (χ0n) is 5.99. The van der Waals surface area contributed by atoms with Gasteiger partial charge in [0, 0.05) is 5.66 Å². The summed E-state index contributed by atoms with van der Waals surface area (Å²) < 4.78 is 10.9. The van der Waals surface area contributed by atoms with E-state index in [2.05, 4.69) is 0 Å². The minimum Gasteiger partial charge on any atom is -0.333 e. The van der Waals surface area contributed by atoms with Gasteiger partial charge in [-0.1, -0.05) is 19.3 Å². The van der Waals surface area contributed by atoms with Crippen molar-refractivity contribution in [2.45, 2.75) is 37.8 Å². The molecule has 0 aliphatic heterocycles. The van der Waals surface area contributed by atoms with E-state index in [9.17, 15) is 4.57 Å². The van der Waals surface area contributed by atoms with Gasteiger partial charge in [-0.3, -0.25) is 10.1 Å². The van der Waals surface area contributed by atoms with Crippen LogP contribution in [0.25, 0.3) is 0 Å². The fourth-order valence-corrected chi connectivity index (χ4v) is 2.56. The van der Waals surface area contributed by atoms with Crippen LogP contribution in [0.15, 0.2) is 0 Å². The van der Waals surface area contributed by atoms with Gasteiger partial charge in [0.1, 0.15) is 0 Å². The van der Waals surface area contributed by atoms with Crippen LogP contribution >= 0.6 is 7.52 Å². The van der Waals surface area contributed by atoms with Gasteiger partial charge in [-0.2, -0.15) is 0 Å². The molecule has 0 aromatic rings. The molecule has 0 amide bonds. The van der Waals surface area contributed by atoms with E-state index >= 15 is 0 Å². The van der Waals surface area contributed by atoms with Crippen molar-refractivity contribution in [2.24, 2.45) is 5.50 Å². The number of nitrogens with two attached hydrogens (primary N) is 1. The standard InChI is InChI=1S/C6H14NO2P/c7-10(8,9)6-4-2-1-3-5-6/h6H,1-5H2,(H3,7,8,9). The van der Waals surface area contributed by atoms with Gasteiger partial charge in [0.25, 0.3) is 7.52 Å². The van der Waals surface area contributed by atoms with Crippen molar-refractivity contribution in [3.63, 3.8) is 0 Å². The zero-order chi connectivity index (χ0) is 7.61. The molecule has 1 aliphatic rings. The monoisotopic (exact) mass is 163 g/mol. The molecule has 0 aromatic carbocycles. The Balaban J connectivity index is 2.47. The number of hydrogen-bond acceptors (Lipinski definition) is 1. The third-order valence-electron chi connectivity index (χ3n) is 2.10. The summed E-state index contributed by atoms with van der Waals surface area (Å²) in [5.41, 5.74) is 5.01. The van der Waals surface area contributed by atoms with E-state index < -0.39 is 7.52 Å². The topological polar surface area (TPSA) is 63.3 Å². The molecular formula is C6H14NO2P. The summed E-state index contributed by atoms with van der Waals surface area (Å²) in [5, 5.41) is 0. The predicted octanol–water partition coefficient (Wildman–Crippen LogP) is 1.46. The van der Waals surface area contributed by atoms with E-state index in [4.69, 9.17) is 10.4 Å². The minimum absolute atomic E-state index is 0.110. The first-order valence-electron chi connectivity index (χ1n) is 3.72. The predicted molar refractivity (Wildman–Crippen MR) is 40.9 cm³/mol. The van der Waals surface area contributed by atoms with E-state index in [-0.39, 0.29) is 5.66 Å². The van der Waals surface area contributed by atoms with Gasteiger partial charge in [-0.15, -0.1) is 0 Å². The highest BCUT2D eigenvalue weighted by atomic mass is 31.2. The van der Waals surface area contributed by atoms with Crippen LogP contribution in [-0.2, 0) is 4.57 Å². The van der Waals surface area contributed by atoms with Crippen LogP contribution in [0, 0.1) is 0 Å². The lowest BCUT2D eigenvalue weighted by Gasteiger charge is -2.22. The van der Waals surface area contributed by atoms with Gasteiger partial charge in [-0.05, 0) is 12.8 Å². The number of rotatable bonds is 1. The third-order valence-corrected chi connectivity index (χ3v) is 3.66. The lowest BCUT2D eigenvalue weighted by atomic mass is 10.0. The molecule has 1 fully saturated rings. The molecule has 0 heterocycles. The first-order valence-corrected chi connectivity index (χ1v) is 5.51.